The molecule has 2 aromatic rings. The first kappa shape index (κ1) is 20.8. The molecule has 1 saturated carbocycles. The Hall–Kier alpha value is -1.96. The summed E-state index contributed by atoms with van der Waals surface area (Å²) in [5.74, 6) is 0.335. The lowest BCUT2D eigenvalue weighted by Crippen LogP contribution is -2.33. The number of benzene rings is 2. The number of thiocarbonyl (C=S) groups is 1. The molecule has 7 heteroatoms. The van der Waals surface area contributed by atoms with Crippen LogP contribution in [0.4, 0.5) is 0 Å². The Morgan fingerprint density at radius 3 is 2.25 bits per heavy atom. The van der Waals surface area contributed by atoms with E-state index in [4.69, 9.17) is 27.4 Å². The fraction of sp³-hybridized carbons (Fsp3) is 0.381. The highest BCUT2D eigenvalue weighted by Gasteiger charge is 2.73. The maximum atomic E-state index is 13.5. The van der Waals surface area contributed by atoms with Gasteiger partial charge < -0.3 is 15.2 Å². The van der Waals surface area contributed by atoms with Crippen LogP contribution in [-0.2, 0) is 14.6 Å². The molecule has 1 fully saturated rings. The first-order valence-electron chi connectivity index (χ1n) is 9.11. The van der Waals surface area contributed by atoms with Crippen LogP contribution in [0, 0.1) is 12.3 Å². The molecule has 0 spiro atoms. The third kappa shape index (κ3) is 3.43. The molecule has 0 unspecified atom stereocenters. The number of ether oxygens (including phenoxy) is 2. The highest BCUT2D eigenvalue weighted by molar-refractivity contribution is 7.92. The van der Waals surface area contributed by atoms with Crippen LogP contribution < -0.4 is 10.5 Å². The van der Waals surface area contributed by atoms with Gasteiger partial charge >= 0.3 is 0 Å². The quantitative estimate of drug-likeness (QED) is 0.662. The highest BCUT2D eigenvalue weighted by atomic mass is 32.2. The van der Waals surface area contributed by atoms with Crippen molar-refractivity contribution in [2.75, 3.05) is 20.3 Å². The summed E-state index contributed by atoms with van der Waals surface area (Å²) < 4.78 is 37.9. The van der Waals surface area contributed by atoms with E-state index in [0.29, 0.717) is 12.4 Å². The molecule has 0 bridgehead atoms. The Kier molecular flexibility index (Phi) is 5.79. The molecule has 2 N–H and O–H groups in total. The van der Waals surface area contributed by atoms with Crippen molar-refractivity contribution in [2.45, 2.75) is 29.9 Å². The molecular formula is C21H25NO4S2. The summed E-state index contributed by atoms with van der Waals surface area (Å²) in [5.41, 5.74) is 7.03. The van der Waals surface area contributed by atoms with Crippen molar-refractivity contribution in [3.63, 3.8) is 0 Å². The van der Waals surface area contributed by atoms with E-state index in [2.05, 4.69) is 0 Å². The molecule has 0 aliphatic heterocycles. The fourth-order valence-electron chi connectivity index (χ4n) is 3.83. The molecule has 3 atom stereocenters. The molecule has 3 rings (SSSR count). The Morgan fingerprint density at radius 1 is 1.14 bits per heavy atom. The smallest absolute Gasteiger partial charge is 0.182 e. The van der Waals surface area contributed by atoms with Gasteiger partial charge in [-0.1, -0.05) is 42.0 Å². The van der Waals surface area contributed by atoms with Crippen LogP contribution in [0.5, 0.6) is 5.75 Å². The van der Waals surface area contributed by atoms with Gasteiger partial charge in [0, 0.05) is 12.5 Å². The lowest BCUT2D eigenvalue weighted by molar-refractivity contribution is 0.121. The second-order valence-electron chi connectivity index (χ2n) is 7.07. The van der Waals surface area contributed by atoms with E-state index < -0.39 is 20.5 Å². The molecule has 150 valence electrons. The van der Waals surface area contributed by atoms with Gasteiger partial charge in [-0.05, 0) is 43.7 Å². The third-order valence-corrected chi connectivity index (χ3v) is 8.09. The number of rotatable bonds is 8. The zero-order valence-corrected chi connectivity index (χ0v) is 17.8. The van der Waals surface area contributed by atoms with Crippen LogP contribution in [0.3, 0.4) is 0 Å². The molecule has 0 saturated heterocycles. The van der Waals surface area contributed by atoms with Crippen molar-refractivity contribution in [3.8, 4) is 5.75 Å². The summed E-state index contributed by atoms with van der Waals surface area (Å²) in [6.45, 7) is 4.41. The summed E-state index contributed by atoms with van der Waals surface area (Å²) in [6.07, 6.45) is 0. The normalized spacial score (nSPS) is 24.0. The zero-order valence-electron chi connectivity index (χ0n) is 16.2. The Bertz CT molecular complexity index is 955. The van der Waals surface area contributed by atoms with E-state index in [1.165, 1.54) is 0 Å². The van der Waals surface area contributed by atoms with Gasteiger partial charge in [0.1, 0.15) is 5.75 Å². The zero-order chi connectivity index (χ0) is 20.5. The Balaban J connectivity index is 2.08. The predicted octanol–water partition coefficient (Wildman–Crippen LogP) is 3.25. The van der Waals surface area contributed by atoms with Crippen LogP contribution in [-0.4, -0.2) is 39.0 Å². The summed E-state index contributed by atoms with van der Waals surface area (Å²) >= 11 is 5.36. The van der Waals surface area contributed by atoms with Gasteiger partial charge in [-0.2, -0.15) is 0 Å². The summed E-state index contributed by atoms with van der Waals surface area (Å²) in [5, 5.41) is -0.764. The van der Waals surface area contributed by atoms with Gasteiger partial charge in [-0.25, -0.2) is 8.42 Å². The van der Waals surface area contributed by atoms with Crippen molar-refractivity contribution in [3.05, 3.63) is 59.7 Å². The molecule has 0 amide bonds. The molecule has 0 aromatic heterocycles. The lowest BCUT2D eigenvalue weighted by atomic mass is 10.00. The number of nitrogens with two attached hydrogens (primary N) is 1. The van der Waals surface area contributed by atoms with Gasteiger partial charge in [-0.15, -0.1) is 0 Å². The molecular weight excluding hydrogens is 394 g/mol. The minimum Gasteiger partial charge on any atom is -0.497 e. The second-order valence-corrected chi connectivity index (χ2v) is 9.58. The topological polar surface area (TPSA) is 78.6 Å². The summed E-state index contributed by atoms with van der Waals surface area (Å²) in [4.78, 5) is 0.443. The number of hydrogen-bond donors (Lipinski definition) is 1. The van der Waals surface area contributed by atoms with E-state index in [0.717, 1.165) is 11.1 Å². The highest BCUT2D eigenvalue weighted by Crippen LogP contribution is 2.64. The SMILES string of the molecule is CCOC[C@@]1(C(N)=S)[C@H](c2ccc(OC)cc2)[C@@H]1S(=O)(=O)c1ccc(C)cc1. The van der Waals surface area contributed by atoms with Gasteiger partial charge in [0.05, 0.1) is 34.3 Å². The van der Waals surface area contributed by atoms with Crippen molar-refractivity contribution in [1.29, 1.82) is 0 Å². The first-order chi connectivity index (χ1) is 13.3. The van der Waals surface area contributed by atoms with Crippen LogP contribution in [0.15, 0.2) is 53.4 Å². The molecule has 2 aromatic carbocycles. The number of sulfone groups is 1. The van der Waals surface area contributed by atoms with Crippen LogP contribution in [0.1, 0.15) is 24.0 Å². The predicted molar refractivity (Wildman–Crippen MR) is 114 cm³/mol. The monoisotopic (exact) mass is 419 g/mol. The van der Waals surface area contributed by atoms with Crippen LogP contribution in [0.2, 0.25) is 0 Å². The molecule has 0 heterocycles. The molecule has 0 radical (unpaired) electrons. The van der Waals surface area contributed by atoms with Crippen molar-refractivity contribution in [2.24, 2.45) is 11.1 Å². The largest absolute Gasteiger partial charge is 0.497 e. The van der Waals surface area contributed by atoms with E-state index >= 15 is 0 Å². The number of aryl methyl sites for hydroxylation is 1. The van der Waals surface area contributed by atoms with E-state index in [-0.39, 0.29) is 22.4 Å². The molecule has 28 heavy (non-hydrogen) atoms. The lowest BCUT2D eigenvalue weighted by Gasteiger charge is -2.17. The van der Waals surface area contributed by atoms with Crippen molar-refractivity contribution < 1.29 is 17.9 Å². The van der Waals surface area contributed by atoms with Crippen LogP contribution in [0.25, 0.3) is 0 Å². The van der Waals surface area contributed by atoms with Gasteiger partial charge in [0.15, 0.2) is 9.84 Å². The minimum atomic E-state index is -3.66. The van der Waals surface area contributed by atoms with Gasteiger partial charge in [0.25, 0.3) is 0 Å². The summed E-state index contributed by atoms with van der Waals surface area (Å²) in [6, 6.07) is 14.2. The standard InChI is InChI=1S/C21H25NO4S2/c1-4-26-13-21(20(22)27)18(15-7-9-16(25-3)10-8-15)19(21)28(23,24)17-11-5-14(2)6-12-17/h5-12,18-19H,4,13H2,1-3H3,(H2,22,27)/t18-,19+,21-/m1/s1. The van der Waals surface area contributed by atoms with Gasteiger partial charge in [-0.3, -0.25) is 0 Å². The average molecular weight is 420 g/mol. The third-order valence-electron chi connectivity index (χ3n) is 5.42. The molecule has 1 aliphatic carbocycles. The fourth-order valence-corrected chi connectivity index (χ4v) is 6.60. The maximum Gasteiger partial charge on any atom is 0.182 e. The van der Waals surface area contributed by atoms with Crippen molar-refractivity contribution in [1.82, 2.24) is 0 Å². The van der Waals surface area contributed by atoms with Crippen molar-refractivity contribution >= 4 is 27.0 Å². The molecule has 1 aliphatic rings. The maximum absolute atomic E-state index is 13.5. The van der Waals surface area contributed by atoms with E-state index in [9.17, 15) is 8.42 Å². The van der Waals surface area contributed by atoms with Gasteiger partial charge in [0.2, 0.25) is 0 Å². The first-order valence-corrected chi connectivity index (χ1v) is 11.1. The van der Waals surface area contributed by atoms with E-state index in [1.807, 2.05) is 38.1 Å². The van der Waals surface area contributed by atoms with Crippen LogP contribution >= 0.6 is 12.2 Å². The second kappa shape index (κ2) is 7.81. The Morgan fingerprint density at radius 2 is 1.75 bits per heavy atom. The summed E-state index contributed by atoms with van der Waals surface area (Å²) in [7, 11) is -2.07. The number of hydrogen-bond acceptors (Lipinski definition) is 5. The average Bonchev–Trinajstić information content (AvgIpc) is 3.38. The minimum absolute atomic E-state index is 0.169. The molecule has 5 nitrogen and oxygen atoms in total. The number of methoxy groups -OCH3 is 1. The van der Waals surface area contributed by atoms with E-state index in [1.54, 1.807) is 31.4 Å². The Labute approximate surface area is 171 Å².